The van der Waals surface area contributed by atoms with Crippen LogP contribution >= 0.6 is 0 Å². The molecule has 12 rings (SSSR count). The molecule has 0 N–H and O–H groups in total. The SMILES string of the molecule is c1ccc(CCC(c2ccccc2)c2ccc(-c3ccc4c(c3)c3cc(-c5ccc(N(c6ccccc6)c6ccccc6)cc5)ccc3n4-c3ccc(-c4ccccc4)cc3-c3ccccc3)cc2)cc1. The molecule has 0 saturated heterocycles. The Hall–Kier alpha value is -8.98. The third kappa shape index (κ3) is 8.84. The first-order valence-electron chi connectivity index (χ1n) is 24.8. The predicted molar refractivity (Wildman–Crippen MR) is 300 cm³/mol. The summed E-state index contributed by atoms with van der Waals surface area (Å²) in [5.41, 5.74) is 20.4. The van der Waals surface area contributed by atoms with Crippen molar-refractivity contribution in [3.8, 4) is 50.2 Å². The minimum atomic E-state index is 0.297. The quantitative estimate of drug-likeness (QED) is 0.112. The molecular weight excluding hydrogens is 857 g/mol. The number of hydrogen-bond donors (Lipinski definition) is 0. The van der Waals surface area contributed by atoms with Gasteiger partial charge in [0.05, 0.1) is 16.7 Å². The molecule has 1 heterocycles. The van der Waals surface area contributed by atoms with E-state index in [1.165, 1.54) is 83.0 Å². The molecule has 0 aliphatic rings. The van der Waals surface area contributed by atoms with Crippen molar-refractivity contribution in [3.05, 3.63) is 302 Å². The third-order valence-electron chi connectivity index (χ3n) is 14.1. The highest BCUT2D eigenvalue weighted by Gasteiger charge is 2.20. The molecule has 0 fully saturated rings. The fourth-order valence-electron chi connectivity index (χ4n) is 10.5. The van der Waals surface area contributed by atoms with Crippen molar-refractivity contribution in [1.82, 2.24) is 4.57 Å². The van der Waals surface area contributed by atoms with E-state index in [4.69, 9.17) is 0 Å². The highest BCUT2D eigenvalue weighted by atomic mass is 15.1. The molecule has 0 saturated carbocycles. The average Bonchev–Trinajstić information content (AvgIpc) is 3.78. The lowest BCUT2D eigenvalue weighted by atomic mass is 9.85. The number of para-hydroxylation sites is 2. The van der Waals surface area contributed by atoms with Crippen LogP contribution in [0.15, 0.2) is 285 Å². The molecule has 1 aromatic heterocycles. The van der Waals surface area contributed by atoms with Gasteiger partial charge in [0.2, 0.25) is 0 Å². The Morgan fingerprint density at radius 3 is 1.25 bits per heavy atom. The summed E-state index contributed by atoms with van der Waals surface area (Å²) in [5, 5.41) is 2.43. The van der Waals surface area contributed by atoms with Gasteiger partial charge in [-0.25, -0.2) is 0 Å². The maximum absolute atomic E-state index is 2.48. The summed E-state index contributed by atoms with van der Waals surface area (Å²) in [5.74, 6) is 0.297. The van der Waals surface area contributed by atoms with E-state index in [1.807, 2.05) is 0 Å². The second-order valence-corrected chi connectivity index (χ2v) is 18.4. The first-order chi connectivity index (χ1) is 35.2. The highest BCUT2D eigenvalue weighted by molar-refractivity contribution is 6.12. The largest absolute Gasteiger partial charge is 0.311 e. The maximum atomic E-state index is 2.48. The van der Waals surface area contributed by atoms with Gasteiger partial charge in [-0.15, -0.1) is 0 Å². The van der Waals surface area contributed by atoms with E-state index in [-0.39, 0.29) is 0 Å². The molecule has 1 atom stereocenters. The van der Waals surface area contributed by atoms with Crippen molar-refractivity contribution in [1.29, 1.82) is 0 Å². The molecule has 0 spiro atoms. The number of rotatable bonds is 13. The van der Waals surface area contributed by atoms with Crippen molar-refractivity contribution >= 4 is 38.9 Å². The molecule has 338 valence electrons. The average molecular weight is 909 g/mol. The summed E-state index contributed by atoms with van der Waals surface area (Å²) in [6.45, 7) is 0. The van der Waals surface area contributed by atoms with Crippen LogP contribution in [0.3, 0.4) is 0 Å². The Balaban J connectivity index is 0.980. The molecule has 12 aromatic rings. The van der Waals surface area contributed by atoms with E-state index >= 15 is 0 Å². The van der Waals surface area contributed by atoms with Gasteiger partial charge in [-0.3, -0.25) is 0 Å². The first kappa shape index (κ1) is 43.3. The zero-order valence-corrected chi connectivity index (χ0v) is 39.5. The van der Waals surface area contributed by atoms with Crippen LogP contribution in [0.2, 0.25) is 0 Å². The monoisotopic (exact) mass is 908 g/mol. The Bertz CT molecular complexity index is 3660. The van der Waals surface area contributed by atoms with E-state index in [0.717, 1.165) is 35.6 Å². The number of fused-ring (bicyclic) bond motifs is 3. The number of aryl methyl sites for hydroxylation is 1. The number of benzene rings is 11. The van der Waals surface area contributed by atoms with Crippen LogP contribution in [0.1, 0.15) is 29.0 Å². The summed E-state index contributed by atoms with van der Waals surface area (Å²) in [6, 6.07) is 104. The third-order valence-corrected chi connectivity index (χ3v) is 14.1. The summed E-state index contributed by atoms with van der Waals surface area (Å²) in [4.78, 5) is 2.31. The normalized spacial score (nSPS) is 11.7. The van der Waals surface area contributed by atoms with Crippen LogP contribution in [0.5, 0.6) is 0 Å². The smallest absolute Gasteiger partial charge is 0.0541 e. The minimum Gasteiger partial charge on any atom is -0.311 e. The van der Waals surface area contributed by atoms with Gasteiger partial charge in [-0.05, 0) is 141 Å². The molecule has 0 aliphatic heterocycles. The van der Waals surface area contributed by atoms with Gasteiger partial charge in [0.15, 0.2) is 0 Å². The number of hydrogen-bond acceptors (Lipinski definition) is 1. The van der Waals surface area contributed by atoms with Crippen molar-refractivity contribution in [3.63, 3.8) is 0 Å². The van der Waals surface area contributed by atoms with Crippen molar-refractivity contribution in [2.75, 3.05) is 4.90 Å². The van der Waals surface area contributed by atoms with Crippen LogP contribution < -0.4 is 4.90 Å². The lowest BCUT2D eigenvalue weighted by Gasteiger charge is -2.25. The van der Waals surface area contributed by atoms with Gasteiger partial charge >= 0.3 is 0 Å². The van der Waals surface area contributed by atoms with Gasteiger partial charge < -0.3 is 9.47 Å². The predicted octanol–water partition coefficient (Wildman–Crippen LogP) is 18.7. The molecule has 0 bridgehead atoms. The lowest BCUT2D eigenvalue weighted by Crippen LogP contribution is -2.09. The van der Waals surface area contributed by atoms with Gasteiger partial charge in [-0.1, -0.05) is 212 Å². The second kappa shape index (κ2) is 19.6. The van der Waals surface area contributed by atoms with E-state index in [1.54, 1.807) is 0 Å². The summed E-state index contributed by atoms with van der Waals surface area (Å²) < 4.78 is 2.48. The van der Waals surface area contributed by atoms with Crippen LogP contribution in [-0.4, -0.2) is 4.57 Å². The number of nitrogens with zero attached hydrogens (tertiary/aromatic N) is 2. The van der Waals surface area contributed by atoms with E-state index in [2.05, 4.69) is 295 Å². The van der Waals surface area contributed by atoms with Gasteiger partial charge in [0.1, 0.15) is 0 Å². The van der Waals surface area contributed by atoms with Crippen molar-refractivity contribution < 1.29 is 0 Å². The highest BCUT2D eigenvalue weighted by Crippen LogP contribution is 2.42. The topological polar surface area (TPSA) is 8.17 Å². The minimum absolute atomic E-state index is 0.297. The fourth-order valence-corrected chi connectivity index (χ4v) is 10.5. The molecule has 0 radical (unpaired) electrons. The summed E-state index contributed by atoms with van der Waals surface area (Å²) in [7, 11) is 0. The molecule has 1 unspecified atom stereocenters. The first-order valence-corrected chi connectivity index (χ1v) is 24.8. The molecule has 0 aliphatic carbocycles. The van der Waals surface area contributed by atoms with Crippen LogP contribution in [0.4, 0.5) is 17.1 Å². The molecular formula is C69H52N2. The van der Waals surface area contributed by atoms with Crippen molar-refractivity contribution in [2.24, 2.45) is 0 Å². The Morgan fingerprint density at radius 1 is 0.310 bits per heavy atom. The van der Waals surface area contributed by atoms with Crippen LogP contribution in [-0.2, 0) is 6.42 Å². The van der Waals surface area contributed by atoms with E-state index in [9.17, 15) is 0 Å². The van der Waals surface area contributed by atoms with E-state index in [0.29, 0.717) is 5.92 Å². The Morgan fingerprint density at radius 2 is 0.704 bits per heavy atom. The number of anilines is 3. The Kier molecular flexibility index (Phi) is 11.9. The van der Waals surface area contributed by atoms with Gasteiger partial charge in [0.25, 0.3) is 0 Å². The van der Waals surface area contributed by atoms with Crippen LogP contribution in [0.25, 0.3) is 72.0 Å². The molecule has 2 nitrogen and oxygen atoms in total. The molecule has 2 heteroatoms. The van der Waals surface area contributed by atoms with Gasteiger partial charge in [-0.2, -0.15) is 0 Å². The lowest BCUT2D eigenvalue weighted by molar-refractivity contribution is 0.715. The fraction of sp³-hybridized carbons (Fsp3) is 0.0435. The van der Waals surface area contributed by atoms with E-state index < -0.39 is 0 Å². The Labute approximate surface area is 417 Å². The van der Waals surface area contributed by atoms with Crippen molar-refractivity contribution in [2.45, 2.75) is 18.8 Å². The maximum Gasteiger partial charge on any atom is 0.0541 e. The summed E-state index contributed by atoms with van der Waals surface area (Å²) in [6.07, 6.45) is 2.06. The molecule has 0 amide bonds. The zero-order chi connectivity index (χ0) is 47.3. The summed E-state index contributed by atoms with van der Waals surface area (Å²) >= 11 is 0. The second-order valence-electron chi connectivity index (χ2n) is 18.4. The standard InChI is InChI=1S/C69H52N2/c1-7-19-50(20-8-1)31-43-63(54-23-11-3-12-24-54)56-34-32-52(33-35-56)58-39-45-68-65(48-58)66-49-59(53-36-41-62(42-37-53)70(60-27-15-5-16-28-60)61-29-17-6-18-30-61)40-46-69(66)71(68)67-44-38-57(51-21-9-2-10-22-51)47-64(67)55-25-13-4-14-26-55/h1-30,32-42,44-49,63H,31,43H2. The molecule has 71 heavy (non-hydrogen) atoms. The van der Waals surface area contributed by atoms with Crippen LogP contribution in [0, 0.1) is 0 Å². The molecule has 11 aromatic carbocycles. The van der Waals surface area contributed by atoms with Gasteiger partial charge in [0, 0.05) is 39.3 Å². The zero-order valence-electron chi connectivity index (χ0n) is 39.5. The number of aromatic nitrogens is 1.